The first kappa shape index (κ1) is 13.2. The van der Waals surface area contributed by atoms with Gasteiger partial charge in [0.1, 0.15) is 0 Å². The molecule has 0 heterocycles. The SMILES string of the molecule is CCOC(=O)/C=C/CNCCOCC1CC1. The molecule has 0 aliphatic heterocycles. The van der Waals surface area contributed by atoms with Crippen LogP contribution in [0.3, 0.4) is 0 Å². The first-order valence-electron chi connectivity index (χ1n) is 5.94. The molecule has 92 valence electrons. The van der Waals surface area contributed by atoms with Crippen molar-refractivity contribution in [3.8, 4) is 0 Å². The summed E-state index contributed by atoms with van der Waals surface area (Å²) in [5.41, 5.74) is 0. The summed E-state index contributed by atoms with van der Waals surface area (Å²) in [5, 5.41) is 3.16. The molecule has 1 N–H and O–H groups in total. The Labute approximate surface area is 97.0 Å². The molecule has 1 aliphatic rings. The van der Waals surface area contributed by atoms with Crippen LogP contribution < -0.4 is 5.32 Å². The van der Waals surface area contributed by atoms with E-state index < -0.39 is 0 Å². The number of carbonyl (C=O) groups is 1. The number of hydrogen-bond donors (Lipinski definition) is 1. The predicted octanol–water partition coefficient (Wildman–Crippen LogP) is 1.12. The number of esters is 1. The standard InChI is InChI=1S/C12H21NO3/c1-2-16-12(14)4-3-7-13-8-9-15-10-11-5-6-11/h3-4,11,13H,2,5-10H2,1H3/b4-3+. The summed E-state index contributed by atoms with van der Waals surface area (Å²) < 4.78 is 10.2. The van der Waals surface area contributed by atoms with Crippen LogP contribution in [-0.2, 0) is 14.3 Å². The fourth-order valence-corrected chi connectivity index (χ4v) is 1.21. The Morgan fingerprint density at radius 3 is 3.00 bits per heavy atom. The molecule has 0 amide bonds. The van der Waals surface area contributed by atoms with Crippen LogP contribution in [0, 0.1) is 5.92 Å². The fraction of sp³-hybridized carbons (Fsp3) is 0.750. The molecule has 0 aromatic carbocycles. The summed E-state index contributed by atoms with van der Waals surface area (Å²) in [6.07, 6.45) is 5.87. The van der Waals surface area contributed by atoms with E-state index in [0.717, 1.165) is 25.7 Å². The van der Waals surface area contributed by atoms with Gasteiger partial charge >= 0.3 is 5.97 Å². The molecule has 16 heavy (non-hydrogen) atoms. The van der Waals surface area contributed by atoms with Crippen molar-refractivity contribution >= 4 is 5.97 Å². The van der Waals surface area contributed by atoms with Crippen molar-refractivity contribution in [2.45, 2.75) is 19.8 Å². The Kier molecular flexibility index (Phi) is 6.85. The zero-order valence-corrected chi connectivity index (χ0v) is 9.91. The Bertz CT molecular complexity index is 224. The zero-order chi connectivity index (χ0) is 11.6. The van der Waals surface area contributed by atoms with Gasteiger partial charge in [-0.3, -0.25) is 0 Å². The van der Waals surface area contributed by atoms with Crippen LogP contribution in [0.15, 0.2) is 12.2 Å². The molecular weight excluding hydrogens is 206 g/mol. The van der Waals surface area contributed by atoms with Gasteiger partial charge in [-0.2, -0.15) is 0 Å². The Balaban J connectivity index is 1.80. The molecule has 1 saturated carbocycles. The third kappa shape index (κ3) is 7.43. The first-order chi connectivity index (χ1) is 7.83. The first-order valence-corrected chi connectivity index (χ1v) is 5.94. The van der Waals surface area contributed by atoms with Crippen LogP contribution in [0.25, 0.3) is 0 Å². The molecule has 0 aromatic heterocycles. The monoisotopic (exact) mass is 227 g/mol. The lowest BCUT2D eigenvalue weighted by Crippen LogP contribution is -2.20. The smallest absolute Gasteiger partial charge is 0.330 e. The van der Waals surface area contributed by atoms with Crippen molar-refractivity contribution in [1.29, 1.82) is 0 Å². The van der Waals surface area contributed by atoms with Gasteiger partial charge in [-0.25, -0.2) is 4.79 Å². The van der Waals surface area contributed by atoms with Crippen LogP contribution in [-0.4, -0.2) is 38.9 Å². The summed E-state index contributed by atoms with van der Waals surface area (Å²) in [5.74, 6) is 0.540. The summed E-state index contributed by atoms with van der Waals surface area (Å²) >= 11 is 0. The van der Waals surface area contributed by atoms with Crippen LogP contribution in [0.2, 0.25) is 0 Å². The van der Waals surface area contributed by atoms with Crippen LogP contribution in [0.4, 0.5) is 0 Å². The molecule has 0 saturated heterocycles. The van der Waals surface area contributed by atoms with E-state index in [1.165, 1.54) is 18.9 Å². The van der Waals surface area contributed by atoms with E-state index in [1.807, 2.05) is 0 Å². The number of ether oxygens (including phenoxy) is 2. The molecule has 4 heteroatoms. The highest BCUT2D eigenvalue weighted by molar-refractivity contribution is 5.81. The second kappa shape index (κ2) is 8.30. The Morgan fingerprint density at radius 1 is 1.50 bits per heavy atom. The number of nitrogens with one attached hydrogen (secondary N) is 1. The van der Waals surface area contributed by atoms with Gasteiger partial charge < -0.3 is 14.8 Å². The van der Waals surface area contributed by atoms with E-state index in [2.05, 4.69) is 5.32 Å². The molecule has 1 aliphatic carbocycles. The molecule has 0 bridgehead atoms. The normalized spacial score (nSPS) is 15.6. The van der Waals surface area contributed by atoms with Gasteiger partial charge in [0.2, 0.25) is 0 Å². The molecule has 0 aromatic rings. The number of rotatable bonds is 9. The molecule has 0 spiro atoms. The second-order valence-electron chi connectivity index (χ2n) is 3.88. The minimum Gasteiger partial charge on any atom is -0.463 e. The predicted molar refractivity (Wildman–Crippen MR) is 62.2 cm³/mol. The second-order valence-corrected chi connectivity index (χ2v) is 3.88. The van der Waals surface area contributed by atoms with Gasteiger partial charge in [-0.1, -0.05) is 6.08 Å². The molecule has 0 atom stereocenters. The average molecular weight is 227 g/mol. The van der Waals surface area contributed by atoms with Gasteiger partial charge in [-0.15, -0.1) is 0 Å². The van der Waals surface area contributed by atoms with Crippen LogP contribution in [0.1, 0.15) is 19.8 Å². The van der Waals surface area contributed by atoms with Crippen molar-refractivity contribution in [3.63, 3.8) is 0 Å². The summed E-state index contributed by atoms with van der Waals surface area (Å²) in [6, 6.07) is 0. The van der Waals surface area contributed by atoms with Crippen molar-refractivity contribution in [2.75, 3.05) is 32.9 Å². The van der Waals surface area contributed by atoms with E-state index in [1.54, 1.807) is 13.0 Å². The van der Waals surface area contributed by atoms with Gasteiger partial charge in [0.15, 0.2) is 0 Å². The highest BCUT2D eigenvalue weighted by atomic mass is 16.5. The molecule has 4 nitrogen and oxygen atoms in total. The van der Waals surface area contributed by atoms with E-state index in [9.17, 15) is 4.79 Å². The van der Waals surface area contributed by atoms with Crippen molar-refractivity contribution in [3.05, 3.63) is 12.2 Å². The number of hydrogen-bond acceptors (Lipinski definition) is 4. The van der Waals surface area contributed by atoms with Gasteiger partial charge in [0.05, 0.1) is 13.2 Å². The van der Waals surface area contributed by atoms with E-state index in [-0.39, 0.29) is 5.97 Å². The lowest BCUT2D eigenvalue weighted by atomic mass is 10.4. The summed E-state index contributed by atoms with van der Waals surface area (Å²) in [7, 11) is 0. The van der Waals surface area contributed by atoms with Crippen molar-refractivity contribution in [1.82, 2.24) is 5.32 Å². The highest BCUT2D eigenvalue weighted by Crippen LogP contribution is 2.28. The van der Waals surface area contributed by atoms with Gasteiger partial charge in [0, 0.05) is 25.8 Å². The number of carbonyl (C=O) groups excluding carboxylic acids is 1. The largest absolute Gasteiger partial charge is 0.463 e. The van der Waals surface area contributed by atoms with E-state index >= 15 is 0 Å². The average Bonchev–Trinajstić information content (AvgIpc) is 3.06. The van der Waals surface area contributed by atoms with Crippen molar-refractivity contribution < 1.29 is 14.3 Å². The topological polar surface area (TPSA) is 47.6 Å². The quantitative estimate of drug-likeness (QED) is 0.364. The van der Waals surface area contributed by atoms with Crippen LogP contribution >= 0.6 is 0 Å². The minimum absolute atomic E-state index is 0.283. The molecule has 1 rings (SSSR count). The Hall–Kier alpha value is -0.870. The highest BCUT2D eigenvalue weighted by Gasteiger charge is 2.20. The van der Waals surface area contributed by atoms with E-state index in [4.69, 9.17) is 9.47 Å². The lowest BCUT2D eigenvalue weighted by molar-refractivity contribution is -0.137. The van der Waals surface area contributed by atoms with Gasteiger partial charge in [-0.05, 0) is 25.7 Å². The third-order valence-corrected chi connectivity index (χ3v) is 2.28. The van der Waals surface area contributed by atoms with E-state index in [0.29, 0.717) is 13.2 Å². The lowest BCUT2D eigenvalue weighted by Gasteiger charge is -2.03. The zero-order valence-electron chi connectivity index (χ0n) is 9.91. The maximum absolute atomic E-state index is 10.9. The molecule has 0 radical (unpaired) electrons. The fourth-order valence-electron chi connectivity index (χ4n) is 1.21. The maximum Gasteiger partial charge on any atom is 0.330 e. The maximum atomic E-state index is 10.9. The third-order valence-electron chi connectivity index (χ3n) is 2.28. The summed E-state index contributed by atoms with van der Waals surface area (Å²) in [6.45, 7) is 5.35. The minimum atomic E-state index is -0.283. The van der Waals surface area contributed by atoms with Gasteiger partial charge in [0.25, 0.3) is 0 Å². The summed E-state index contributed by atoms with van der Waals surface area (Å²) in [4.78, 5) is 10.9. The molecular formula is C12H21NO3. The van der Waals surface area contributed by atoms with Crippen molar-refractivity contribution in [2.24, 2.45) is 5.92 Å². The Morgan fingerprint density at radius 2 is 2.31 bits per heavy atom. The van der Waals surface area contributed by atoms with Crippen LogP contribution in [0.5, 0.6) is 0 Å². The molecule has 1 fully saturated rings. The molecule has 0 unspecified atom stereocenters.